The zero-order valence-electron chi connectivity index (χ0n) is 22.0. The maximum atomic E-state index is 5.68. The summed E-state index contributed by atoms with van der Waals surface area (Å²) in [4.78, 5) is 0. The molecule has 0 aromatic carbocycles. The van der Waals surface area contributed by atoms with Crippen LogP contribution in [-0.4, -0.2) is 11.7 Å². The minimum Gasteiger partial charge on any atom is -0.367 e. The molecule has 0 amide bonds. The lowest BCUT2D eigenvalue weighted by atomic mass is 10.0. The molecule has 0 radical (unpaired) electrons. The normalized spacial score (nSPS) is 19.6. The summed E-state index contributed by atoms with van der Waals surface area (Å²) in [5.74, 6) is 0. The molecule has 0 saturated carbocycles. The third-order valence-electron chi connectivity index (χ3n) is 6.39. The Morgan fingerprint density at radius 1 is 0.781 bits per heavy atom. The van der Waals surface area contributed by atoms with Crippen molar-refractivity contribution in [3.05, 3.63) is 71.4 Å². The number of rotatable bonds is 17. The molecule has 1 heteroatoms. The van der Waals surface area contributed by atoms with Gasteiger partial charge in [0.15, 0.2) is 0 Å². The molecule has 1 heterocycles. The van der Waals surface area contributed by atoms with Crippen LogP contribution in [0.2, 0.25) is 0 Å². The quantitative estimate of drug-likeness (QED) is 0.125. The van der Waals surface area contributed by atoms with Crippen molar-refractivity contribution in [2.24, 2.45) is 0 Å². The Morgan fingerprint density at radius 2 is 1.31 bits per heavy atom. The third kappa shape index (κ3) is 13.7. The first-order chi connectivity index (χ1) is 15.3. The average Bonchev–Trinajstić information content (AvgIpc) is 3.36. The van der Waals surface area contributed by atoms with Gasteiger partial charge in [0.2, 0.25) is 0 Å². The molecule has 1 aliphatic heterocycles. The van der Waals surface area contributed by atoms with Crippen molar-refractivity contribution < 1.29 is 4.74 Å². The summed E-state index contributed by atoms with van der Waals surface area (Å²) in [7, 11) is 0. The molecule has 1 saturated heterocycles. The predicted molar refractivity (Wildman–Crippen MR) is 144 cm³/mol. The Balaban J connectivity index is 2.22. The van der Waals surface area contributed by atoms with E-state index in [4.69, 9.17) is 4.74 Å². The minimum atomic E-state index is 0.129. The lowest BCUT2D eigenvalue weighted by Crippen LogP contribution is -2.02. The van der Waals surface area contributed by atoms with Crippen molar-refractivity contribution in [2.45, 2.75) is 124 Å². The fourth-order valence-electron chi connectivity index (χ4n) is 4.02. The number of epoxide rings is 1. The van der Waals surface area contributed by atoms with Crippen molar-refractivity contribution in [2.75, 3.05) is 0 Å². The van der Waals surface area contributed by atoms with E-state index in [9.17, 15) is 0 Å². The monoisotopic (exact) mass is 438 g/mol. The van der Waals surface area contributed by atoms with E-state index in [2.05, 4.69) is 84.6 Å². The predicted octanol–water partition coefficient (Wildman–Crippen LogP) is 9.98. The van der Waals surface area contributed by atoms with Crippen molar-refractivity contribution in [3.8, 4) is 0 Å². The van der Waals surface area contributed by atoms with Gasteiger partial charge in [-0.25, -0.2) is 0 Å². The van der Waals surface area contributed by atoms with Gasteiger partial charge >= 0.3 is 0 Å². The van der Waals surface area contributed by atoms with Gasteiger partial charge in [-0.2, -0.15) is 0 Å². The highest BCUT2D eigenvalue weighted by atomic mass is 16.6. The first-order valence-corrected chi connectivity index (χ1v) is 12.8. The topological polar surface area (TPSA) is 12.5 Å². The summed E-state index contributed by atoms with van der Waals surface area (Å²) in [6.07, 6.45) is 29.2. The summed E-state index contributed by atoms with van der Waals surface area (Å²) in [5, 5.41) is 0. The van der Waals surface area contributed by atoms with Crippen LogP contribution in [0.1, 0.15) is 112 Å². The molecule has 1 unspecified atom stereocenters. The van der Waals surface area contributed by atoms with E-state index in [0.717, 1.165) is 51.4 Å². The van der Waals surface area contributed by atoms with Gasteiger partial charge < -0.3 is 4.74 Å². The average molecular weight is 439 g/mol. The smallest absolute Gasteiger partial charge is 0.0892 e. The molecule has 1 fully saturated rings. The molecule has 0 spiro atoms. The molecular formula is C31H50O. The van der Waals surface area contributed by atoms with Crippen LogP contribution < -0.4 is 0 Å². The maximum absolute atomic E-state index is 5.68. The van der Waals surface area contributed by atoms with E-state index in [1.807, 2.05) is 6.08 Å². The van der Waals surface area contributed by atoms with Gasteiger partial charge in [0.25, 0.3) is 0 Å². The Bertz CT molecular complexity index is 696. The van der Waals surface area contributed by atoms with Crippen molar-refractivity contribution in [1.82, 2.24) is 0 Å². The minimum absolute atomic E-state index is 0.129. The van der Waals surface area contributed by atoms with Crippen molar-refractivity contribution in [1.29, 1.82) is 0 Å². The Labute approximate surface area is 200 Å². The summed E-state index contributed by atoms with van der Waals surface area (Å²) in [5.41, 5.74) is 6.20. The van der Waals surface area contributed by atoms with E-state index in [0.29, 0.717) is 6.10 Å². The van der Waals surface area contributed by atoms with E-state index in [1.54, 1.807) is 0 Å². The third-order valence-corrected chi connectivity index (χ3v) is 6.39. The molecule has 1 rings (SSSR count). The van der Waals surface area contributed by atoms with Gasteiger partial charge in [0.05, 0.1) is 11.7 Å². The number of hydrogen-bond donors (Lipinski definition) is 0. The van der Waals surface area contributed by atoms with Crippen LogP contribution in [0.3, 0.4) is 0 Å². The second-order valence-electron chi connectivity index (χ2n) is 10.0. The van der Waals surface area contributed by atoms with Gasteiger partial charge in [-0.05, 0) is 112 Å². The van der Waals surface area contributed by atoms with Gasteiger partial charge in [-0.1, -0.05) is 64.8 Å². The first kappa shape index (κ1) is 28.4. The van der Waals surface area contributed by atoms with E-state index >= 15 is 0 Å². The summed E-state index contributed by atoms with van der Waals surface area (Å²) >= 11 is 0. The summed E-state index contributed by atoms with van der Waals surface area (Å²) in [6, 6.07) is 0. The highest BCUT2D eigenvalue weighted by Gasteiger charge is 2.46. The molecule has 32 heavy (non-hydrogen) atoms. The van der Waals surface area contributed by atoms with Crippen LogP contribution in [0, 0.1) is 0 Å². The number of hydrogen-bond acceptors (Lipinski definition) is 1. The Morgan fingerprint density at radius 3 is 1.84 bits per heavy atom. The van der Waals surface area contributed by atoms with E-state index in [1.165, 1.54) is 41.6 Å². The Hall–Kier alpha value is -1.60. The largest absolute Gasteiger partial charge is 0.367 e. The van der Waals surface area contributed by atoms with Crippen molar-refractivity contribution >= 4 is 0 Å². The zero-order valence-corrected chi connectivity index (χ0v) is 22.0. The van der Waals surface area contributed by atoms with Gasteiger partial charge in [-0.15, -0.1) is 6.58 Å². The highest BCUT2D eigenvalue weighted by Crippen LogP contribution is 2.38. The molecule has 0 aliphatic carbocycles. The number of allylic oxidation sites excluding steroid dienone is 11. The molecule has 0 N–H and O–H groups in total. The molecule has 0 aromatic rings. The standard InChI is InChI=1S/C31H50O/c1-8-10-11-22-29(16-9-2)23-15-21-27(4)18-13-12-17-26(3)19-14-20-28(5)24-25-30-31(6,7)32-30/h8-10,17-18,20,23,30H,2,11-16,19,21-22,24-25H2,1,3-7H3/b10-8-,26-17+,27-18+,28-20+,29-23-. The fraction of sp³-hybridized carbons (Fsp3) is 0.613. The lowest BCUT2D eigenvalue weighted by Gasteiger charge is -2.04. The fourth-order valence-corrected chi connectivity index (χ4v) is 4.02. The molecule has 0 aromatic heterocycles. The van der Waals surface area contributed by atoms with Gasteiger partial charge in [-0.3, -0.25) is 0 Å². The van der Waals surface area contributed by atoms with E-state index in [-0.39, 0.29) is 5.60 Å². The van der Waals surface area contributed by atoms with Crippen LogP contribution in [-0.2, 0) is 4.74 Å². The number of unbranched alkanes of at least 4 members (excludes halogenated alkanes) is 1. The molecule has 1 aliphatic rings. The number of ether oxygens (including phenoxy) is 1. The van der Waals surface area contributed by atoms with Gasteiger partial charge in [0, 0.05) is 0 Å². The molecule has 1 atom stereocenters. The lowest BCUT2D eigenvalue weighted by molar-refractivity contribution is 0.320. The molecular weight excluding hydrogens is 388 g/mol. The van der Waals surface area contributed by atoms with Crippen molar-refractivity contribution in [3.63, 3.8) is 0 Å². The van der Waals surface area contributed by atoms with Crippen LogP contribution >= 0.6 is 0 Å². The highest BCUT2D eigenvalue weighted by molar-refractivity contribution is 5.10. The zero-order chi connectivity index (χ0) is 23.8. The molecule has 0 bridgehead atoms. The second kappa shape index (κ2) is 16.1. The second-order valence-corrected chi connectivity index (χ2v) is 10.0. The summed E-state index contributed by atoms with van der Waals surface area (Å²) in [6.45, 7) is 17.2. The van der Waals surface area contributed by atoms with Crippen LogP contribution in [0.5, 0.6) is 0 Å². The molecule has 180 valence electrons. The van der Waals surface area contributed by atoms with Crippen LogP contribution in [0.15, 0.2) is 71.4 Å². The van der Waals surface area contributed by atoms with Crippen LogP contribution in [0.25, 0.3) is 0 Å². The molecule has 1 nitrogen and oxygen atoms in total. The van der Waals surface area contributed by atoms with Gasteiger partial charge in [0.1, 0.15) is 0 Å². The maximum Gasteiger partial charge on any atom is 0.0892 e. The first-order valence-electron chi connectivity index (χ1n) is 12.8. The van der Waals surface area contributed by atoms with Crippen LogP contribution in [0.4, 0.5) is 0 Å². The van der Waals surface area contributed by atoms with E-state index < -0.39 is 0 Å². The SMILES string of the molecule is C=CC/C(=C/CC/C(C)=C/CC/C=C(\C)CC/C=C(\C)CCC1OC1(C)C)CC/C=C\C. The summed E-state index contributed by atoms with van der Waals surface area (Å²) < 4.78 is 5.68. The Kier molecular flexibility index (Phi) is 14.3.